The first-order valence-electron chi connectivity index (χ1n) is 11.6. The topological polar surface area (TPSA) is 119 Å². The molecule has 0 radical (unpaired) electrons. The van der Waals surface area contributed by atoms with E-state index < -0.39 is 65.8 Å². The number of urea groups is 1. The number of nitrogens with one attached hydrogen (secondary N) is 2. The summed E-state index contributed by atoms with van der Waals surface area (Å²) in [5.41, 5.74) is -3.66. The van der Waals surface area contributed by atoms with E-state index in [9.17, 15) is 46.2 Å². The first-order chi connectivity index (χ1) is 18.0. The molecular formula is C25H23F5N4O5. The summed E-state index contributed by atoms with van der Waals surface area (Å²) in [6.07, 6.45) is -5.00. The van der Waals surface area contributed by atoms with Gasteiger partial charge in [0.05, 0.1) is 0 Å². The van der Waals surface area contributed by atoms with Gasteiger partial charge in [-0.2, -0.15) is 13.2 Å². The lowest BCUT2D eigenvalue weighted by Gasteiger charge is -2.32. The van der Waals surface area contributed by atoms with E-state index in [1.54, 1.807) is 6.07 Å². The molecule has 2 aromatic carbocycles. The van der Waals surface area contributed by atoms with Crippen LogP contribution in [0.15, 0.2) is 36.4 Å². The van der Waals surface area contributed by atoms with Crippen molar-refractivity contribution in [3.8, 4) is 0 Å². The van der Waals surface area contributed by atoms with Gasteiger partial charge in [-0.25, -0.2) is 13.6 Å². The molecule has 208 valence electrons. The lowest BCUT2D eigenvalue weighted by Crippen LogP contribution is -2.57. The molecule has 4 rings (SSSR count). The number of carbonyl (C=O) groups is 4. The van der Waals surface area contributed by atoms with E-state index >= 15 is 0 Å². The highest BCUT2D eigenvalue weighted by atomic mass is 19.4. The molecule has 0 saturated carbocycles. The molecule has 2 aliphatic rings. The van der Waals surface area contributed by atoms with Crippen molar-refractivity contribution in [2.75, 3.05) is 18.9 Å². The quantitative estimate of drug-likeness (QED) is 0.374. The summed E-state index contributed by atoms with van der Waals surface area (Å²) in [4.78, 5) is 51.5. The van der Waals surface area contributed by atoms with Crippen LogP contribution in [0.1, 0.15) is 23.6 Å². The Morgan fingerprint density at radius 2 is 1.69 bits per heavy atom. The minimum Gasteiger partial charge on any atom is -0.373 e. The highest BCUT2D eigenvalue weighted by molar-refractivity contribution is 6.07. The van der Waals surface area contributed by atoms with Gasteiger partial charge in [-0.15, -0.1) is 0 Å². The van der Waals surface area contributed by atoms with Crippen molar-refractivity contribution in [1.82, 2.24) is 15.1 Å². The molecule has 0 aromatic heterocycles. The van der Waals surface area contributed by atoms with Gasteiger partial charge in [-0.3, -0.25) is 19.7 Å². The van der Waals surface area contributed by atoms with Crippen LogP contribution in [0.3, 0.4) is 0 Å². The molecule has 1 fully saturated rings. The van der Waals surface area contributed by atoms with E-state index in [4.69, 9.17) is 0 Å². The van der Waals surface area contributed by atoms with Gasteiger partial charge in [-0.05, 0) is 47.9 Å². The Kier molecular flexibility index (Phi) is 6.88. The zero-order chi connectivity index (χ0) is 28.9. The number of aliphatic hydroxyl groups is 1. The Hall–Kier alpha value is -4.07. The Morgan fingerprint density at radius 3 is 2.26 bits per heavy atom. The number of benzene rings is 2. The van der Waals surface area contributed by atoms with Gasteiger partial charge >= 0.3 is 12.2 Å². The zero-order valence-electron chi connectivity index (χ0n) is 20.7. The SMILES string of the molecule is CN1C(=O)NC(=O)[C@@]12Cc1ccc(NC(=O)CN(Cc3cc(F)cc(F)c3)C(=O)[C@](C)(O)C(F)(F)F)cc1C2. The molecule has 2 aromatic rings. The fourth-order valence-electron chi connectivity index (χ4n) is 4.70. The van der Waals surface area contributed by atoms with E-state index in [1.807, 2.05) is 0 Å². The molecule has 0 unspecified atom stereocenters. The average Bonchev–Trinajstić information content (AvgIpc) is 3.29. The van der Waals surface area contributed by atoms with Gasteiger partial charge in [0.15, 0.2) is 0 Å². The summed E-state index contributed by atoms with van der Waals surface area (Å²) in [6, 6.07) is 6.17. The number of likely N-dealkylation sites (N-methyl/N-ethyl adjacent to an activating group) is 1. The Morgan fingerprint density at radius 1 is 1.08 bits per heavy atom. The molecule has 1 spiro atoms. The number of hydrogen-bond donors (Lipinski definition) is 3. The second-order valence-electron chi connectivity index (χ2n) is 9.74. The smallest absolute Gasteiger partial charge is 0.373 e. The maximum Gasteiger partial charge on any atom is 0.426 e. The van der Waals surface area contributed by atoms with Crippen LogP contribution >= 0.6 is 0 Å². The van der Waals surface area contributed by atoms with Gasteiger partial charge in [0.25, 0.3) is 11.8 Å². The van der Waals surface area contributed by atoms with Crippen LogP contribution in [0.4, 0.5) is 32.4 Å². The number of hydrogen-bond acceptors (Lipinski definition) is 5. The summed E-state index contributed by atoms with van der Waals surface area (Å²) >= 11 is 0. The molecule has 5 amide bonds. The van der Waals surface area contributed by atoms with Gasteiger partial charge in [0.2, 0.25) is 11.5 Å². The normalized spacial score (nSPS) is 20.1. The monoisotopic (exact) mass is 554 g/mol. The van der Waals surface area contributed by atoms with Crippen LogP contribution in [0.2, 0.25) is 0 Å². The summed E-state index contributed by atoms with van der Waals surface area (Å²) < 4.78 is 67.4. The molecule has 2 atom stereocenters. The number of fused-ring (bicyclic) bond motifs is 1. The van der Waals surface area contributed by atoms with Crippen LogP contribution in [-0.2, 0) is 33.8 Å². The molecule has 1 saturated heterocycles. The van der Waals surface area contributed by atoms with E-state index in [0.29, 0.717) is 16.5 Å². The predicted octanol–water partition coefficient (Wildman–Crippen LogP) is 2.26. The fourth-order valence-corrected chi connectivity index (χ4v) is 4.70. The number of rotatable bonds is 6. The number of nitrogens with zero attached hydrogens (tertiary/aromatic N) is 2. The summed E-state index contributed by atoms with van der Waals surface area (Å²) in [5, 5.41) is 14.6. The highest BCUT2D eigenvalue weighted by Crippen LogP contribution is 2.38. The molecule has 1 heterocycles. The number of halogens is 5. The zero-order valence-corrected chi connectivity index (χ0v) is 20.7. The molecular weight excluding hydrogens is 531 g/mol. The second-order valence-corrected chi connectivity index (χ2v) is 9.74. The van der Waals surface area contributed by atoms with E-state index in [-0.39, 0.29) is 31.0 Å². The third-order valence-electron chi connectivity index (χ3n) is 6.93. The van der Waals surface area contributed by atoms with Crippen molar-refractivity contribution in [3.63, 3.8) is 0 Å². The third-order valence-corrected chi connectivity index (χ3v) is 6.93. The number of imide groups is 1. The van der Waals surface area contributed by atoms with Crippen molar-refractivity contribution < 1.29 is 46.2 Å². The van der Waals surface area contributed by atoms with Crippen LogP contribution in [0.5, 0.6) is 0 Å². The van der Waals surface area contributed by atoms with Crippen molar-refractivity contribution in [2.24, 2.45) is 0 Å². The molecule has 3 N–H and O–H groups in total. The molecule has 9 nitrogen and oxygen atoms in total. The van der Waals surface area contributed by atoms with Crippen LogP contribution in [0.25, 0.3) is 0 Å². The maximum absolute atomic E-state index is 13.6. The maximum atomic E-state index is 13.6. The fraction of sp³-hybridized carbons (Fsp3) is 0.360. The molecule has 14 heteroatoms. The number of amides is 5. The minimum atomic E-state index is -5.40. The van der Waals surface area contributed by atoms with Crippen LogP contribution in [-0.4, -0.2) is 69.6 Å². The lowest BCUT2D eigenvalue weighted by atomic mass is 9.95. The van der Waals surface area contributed by atoms with E-state index in [2.05, 4.69) is 10.6 Å². The molecule has 1 aliphatic heterocycles. The largest absolute Gasteiger partial charge is 0.426 e. The van der Waals surface area contributed by atoms with Crippen molar-refractivity contribution in [3.05, 3.63) is 64.7 Å². The molecule has 1 aliphatic carbocycles. The van der Waals surface area contributed by atoms with E-state index in [0.717, 1.165) is 17.7 Å². The minimum absolute atomic E-state index is 0.157. The van der Waals surface area contributed by atoms with E-state index in [1.165, 1.54) is 24.1 Å². The van der Waals surface area contributed by atoms with Crippen molar-refractivity contribution in [2.45, 2.75) is 43.6 Å². The first kappa shape index (κ1) is 28.0. The first-order valence-corrected chi connectivity index (χ1v) is 11.6. The third kappa shape index (κ3) is 5.15. The van der Waals surface area contributed by atoms with Crippen LogP contribution < -0.4 is 10.6 Å². The van der Waals surface area contributed by atoms with Crippen LogP contribution in [0, 0.1) is 11.6 Å². The Balaban J connectivity index is 1.54. The number of carbonyl (C=O) groups excluding carboxylic acids is 4. The average molecular weight is 554 g/mol. The number of alkyl halides is 3. The lowest BCUT2D eigenvalue weighted by molar-refractivity contribution is -0.250. The summed E-state index contributed by atoms with van der Waals surface area (Å²) in [6.45, 7) is -1.59. The summed E-state index contributed by atoms with van der Waals surface area (Å²) in [5.74, 6) is -5.42. The summed E-state index contributed by atoms with van der Waals surface area (Å²) in [7, 11) is 1.49. The number of anilines is 1. The Labute approximate surface area is 218 Å². The molecule has 0 bridgehead atoms. The second kappa shape index (κ2) is 9.59. The van der Waals surface area contributed by atoms with Gasteiger partial charge in [-0.1, -0.05) is 6.07 Å². The van der Waals surface area contributed by atoms with Crippen molar-refractivity contribution in [1.29, 1.82) is 0 Å². The molecule has 39 heavy (non-hydrogen) atoms. The van der Waals surface area contributed by atoms with Gasteiger partial charge < -0.3 is 20.2 Å². The standard InChI is InChI=1S/C25H23F5N4O5/c1-23(39,25(28,29)30)21(37)34(11-13-5-16(26)8-17(27)6-13)12-19(35)31-18-4-3-14-9-24(10-15(14)7-18)20(36)32-22(38)33(24)2/h3-8,39H,9-12H2,1-2H3,(H,31,35)(H,32,36,38)/t23-,24-/m0/s1. The van der Waals surface area contributed by atoms with Gasteiger partial charge in [0, 0.05) is 38.2 Å². The van der Waals surface area contributed by atoms with Gasteiger partial charge in [0.1, 0.15) is 23.7 Å². The Bertz CT molecular complexity index is 1360. The predicted molar refractivity (Wildman–Crippen MR) is 125 cm³/mol. The van der Waals surface area contributed by atoms with Crippen molar-refractivity contribution >= 4 is 29.4 Å². The highest BCUT2D eigenvalue weighted by Gasteiger charge is 2.57.